The molecule has 0 aromatic rings. The Hall–Kier alpha value is 0. The molecule has 0 aliphatic rings. The van der Waals surface area contributed by atoms with Crippen LogP contribution in [0.2, 0.25) is 0 Å². The van der Waals surface area contributed by atoms with E-state index < -0.39 is 0 Å². The van der Waals surface area contributed by atoms with Crippen molar-refractivity contribution in [1.82, 2.24) is 0 Å². The van der Waals surface area contributed by atoms with E-state index in [0.29, 0.717) is 0 Å². The van der Waals surface area contributed by atoms with E-state index in [0.717, 1.165) is 11.8 Å². The maximum atomic E-state index is 2.41. The minimum atomic E-state index is 0.939. The first kappa shape index (κ1) is 13.0. The Morgan fingerprint density at radius 3 is 1.92 bits per heavy atom. The van der Waals surface area contributed by atoms with Crippen LogP contribution < -0.4 is 0 Å². The molecule has 0 aliphatic carbocycles. The molecule has 0 aromatic heterocycles. The van der Waals surface area contributed by atoms with Gasteiger partial charge in [0.2, 0.25) is 0 Å². The fourth-order valence-corrected chi connectivity index (χ4v) is 1.66. The van der Waals surface area contributed by atoms with Crippen LogP contribution in [-0.4, -0.2) is 0 Å². The Bertz CT molecular complexity index is 96.2. The van der Waals surface area contributed by atoms with Crippen molar-refractivity contribution in [3.05, 3.63) is 0 Å². The summed E-state index contributed by atoms with van der Waals surface area (Å²) in [6, 6.07) is 0. The highest BCUT2D eigenvalue weighted by Gasteiger charge is 2.04. The minimum Gasteiger partial charge on any atom is -0.0654 e. The monoisotopic (exact) mass is 184 g/mol. The predicted molar refractivity (Wildman–Crippen MR) is 62.0 cm³/mol. The Kier molecular flexibility index (Phi) is 8.59. The lowest BCUT2D eigenvalue weighted by atomic mass is 9.93. The summed E-state index contributed by atoms with van der Waals surface area (Å²) in [5, 5.41) is 0. The molecule has 0 bridgehead atoms. The van der Waals surface area contributed by atoms with Gasteiger partial charge in [-0.15, -0.1) is 0 Å². The average molecular weight is 184 g/mol. The van der Waals surface area contributed by atoms with E-state index in [-0.39, 0.29) is 0 Å². The van der Waals surface area contributed by atoms with Gasteiger partial charge in [0.1, 0.15) is 0 Å². The normalized spacial score (nSPS) is 15.7. The van der Waals surface area contributed by atoms with Crippen LogP contribution in [0.5, 0.6) is 0 Å². The summed E-state index contributed by atoms with van der Waals surface area (Å²) in [5.41, 5.74) is 0. The van der Waals surface area contributed by atoms with Crippen LogP contribution in [0.4, 0.5) is 0 Å². The quantitative estimate of drug-likeness (QED) is 0.464. The summed E-state index contributed by atoms with van der Waals surface area (Å²) < 4.78 is 0. The molecule has 0 fully saturated rings. The van der Waals surface area contributed by atoms with Crippen LogP contribution >= 0.6 is 0 Å². The second-order valence-electron chi connectivity index (χ2n) is 4.69. The summed E-state index contributed by atoms with van der Waals surface area (Å²) in [4.78, 5) is 0. The van der Waals surface area contributed by atoms with Crippen LogP contribution in [0.3, 0.4) is 0 Å². The van der Waals surface area contributed by atoms with Gasteiger partial charge < -0.3 is 0 Å². The van der Waals surface area contributed by atoms with Crippen molar-refractivity contribution in [1.29, 1.82) is 0 Å². The van der Waals surface area contributed by atoms with E-state index in [9.17, 15) is 0 Å². The molecule has 0 heterocycles. The third-order valence-electron chi connectivity index (χ3n) is 3.15. The zero-order valence-electron chi connectivity index (χ0n) is 10.1. The standard InChI is InChI=1S/C13H28/c1-5-7-8-9-13(4)11-10-12(3)6-2/h12-13H,5-11H2,1-4H3/t12-,13+/m1/s1. The maximum Gasteiger partial charge on any atom is -0.0443 e. The topological polar surface area (TPSA) is 0 Å². The first-order valence-electron chi connectivity index (χ1n) is 6.20. The van der Waals surface area contributed by atoms with Crippen LogP contribution in [0, 0.1) is 11.8 Å². The van der Waals surface area contributed by atoms with E-state index in [2.05, 4.69) is 27.7 Å². The molecule has 0 radical (unpaired) electrons. The number of rotatable bonds is 8. The lowest BCUT2D eigenvalue weighted by Gasteiger charge is -2.13. The minimum absolute atomic E-state index is 0.939. The third-order valence-corrected chi connectivity index (χ3v) is 3.15. The third kappa shape index (κ3) is 8.33. The van der Waals surface area contributed by atoms with Crippen LogP contribution in [0.15, 0.2) is 0 Å². The molecular weight excluding hydrogens is 156 g/mol. The first-order valence-corrected chi connectivity index (χ1v) is 6.20. The van der Waals surface area contributed by atoms with Gasteiger partial charge in [0, 0.05) is 0 Å². The van der Waals surface area contributed by atoms with E-state index in [1.165, 1.54) is 44.9 Å². The van der Waals surface area contributed by atoms with Gasteiger partial charge in [0.15, 0.2) is 0 Å². The molecule has 13 heavy (non-hydrogen) atoms. The molecular formula is C13H28. The zero-order valence-corrected chi connectivity index (χ0v) is 10.1. The molecule has 0 N–H and O–H groups in total. The lowest BCUT2D eigenvalue weighted by Crippen LogP contribution is -1.99. The van der Waals surface area contributed by atoms with Gasteiger partial charge in [-0.2, -0.15) is 0 Å². The molecule has 0 rings (SSSR count). The van der Waals surface area contributed by atoms with E-state index in [1.54, 1.807) is 0 Å². The Morgan fingerprint density at radius 2 is 1.38 bits per heavy atom. The van der Waals surface area contributed by atoms with E-state index >= 15 is 0 Å². The van der Waals surface area contributed by atoms with Gasteiger partial charge in [-0.1, -0.05) is 72.6 Å². The van der Waals surface area contributed by atoms with Crippen LogP contribution in [0.1, 0.15) is 72.6 Å². The molecule has 0 saturated heterocycles. The SMILES string of the molecule is CCCCC[C@H](C)CC[C@H](C)CC. The number of hydrogen-bond acceptors (Lipinski definition) is 0. The Balaban J connectivity index is 3.24. The highest BCUT2D eigenvalue weighted by molar-refractivity contribution is 4.57. The number of hydrogen-bond donors (Lipinski definition) is 0. The van der Waals surface area contributed by atoms with Gasteiger partial charge in [-0.3, -0.25) is 0 Å². The zero-order chi connectivity index (χ0) is 10.1. The molecule has 0 aliphatic heterocycles. The maximum absolute atomic E-state index is 2.41. The molecule has 80 valence electrons. The summed E-state index contributed by atoms with van der Waals surface area (Å²) in [6.07, 6.45) is 9.90. The Morgan fingerprint density at radius 1 is 0.769 bits per heavy atom. The van der Waals surface area contributed by atoms with Gasteiger partial charge >= 0.3 is 0 Å². The molecule has 0 amide bonds. The van der Waals surface area contributed by atoms with E-state index in [1.807, 2.05) is 0 Å². The molecule has 2 atom stereocenters. The van der Waals surface area contributed by atoms with Gasteiger partial charge in [0.05, 0.1) is 0 Å². The smallest absolute Gasteiger partial charge is 0.0443 e. The fraction of sp³-hybridized carbons (Fsp3) is 1.00. The van der Waals surface area contributed by atoms with Gasteiger partial charge in [-0.25, -0.2) is 0 Å². The summed E-state index contributed by atoms with van der Waals surface area (Å²) in [5.74, 6) is 1.90. The van der Waals surface area contributed by atoms with Gasteiger partial charge in [-0.05, 0) is 11.8 Å². The average Bonchev–Trinajstić information content (AvgIpc) is 2.14. The molecule has 0 unspecified atom stereocenters. The fourth-order valence-electron chi connectivity index (χ4n) is 1.66. The molecule has 0 aromatic carbocycles. The van der Waals surface area contributed by atoms with Crippen molar-refractivity contribution in [2.75, 3.05) is 0 Å². The second kappa shape index (κ2) is 8.59. The van der Waals surface area contributed by atoms with Crippen molar-refractivity contribution < 1.29 is 0 Å². The van der Waals surface area contributed by atoms with Crippen molar-refractivity contribution in [2.45, 2.75) is 72.6 Å². The largest absolute Gasteiger partial charge is 0.0654 e. The highest BCUT2D eigenvalue weighted by atomic mass is 14.1. The summed E-state index contributed by atoms with van der Waals surface area (Å²) in [7, 11) is 0. The first-order chi connectivity index (χ1) is 6.20. The molecule has 0 heteroatoms. The van der Waals surface area contributed by atoms with Crippen LogP contribution in [0.25, 0.3) is 0 Å². The summed E-state index contributed by atoms with van der Waals surface area (Å²) >= 11 is 0. The van der Waals surface area contributed by atoms with Crippen molar-refractivity contribution in [3.8, 4) is 0 Å². The molecule has 0 spiro atoms. The Labute approximate surface area is 85.1 Å². The molecule has 0 nitrogen and oxygen atoms in total. The van der Waals surface area contributed by atoms with Crippen LogP contribution in [-0.2, 0) is 0 Å². The number of unbranched alkanes of at least 4 members (excludes halogenated alkanes) is 2. The molecule has 0 saturated carbocycles. The van der Waals surface area contributed by atoms with Crippen molar-refractivity contribution in [3.63, 3.8) is 0 Å². The van der Waals surface area contributed by atoms with Crippen molar-refractivity contribution in [2.24, 2.45) is 11.8 Å². The summed E-state index contributed by atoms with van der Waals surface area (Å²) in [6.45, 7) is 9.37. The van der Waals surface area contributed by atoms with Crippen molar-refractivity contribution >= 4 is 0 Å². The lowest BCUT2D eigenvalue weighted by molar-refractivity contribution is 0.395. The second-order valence-corrected chi connectivity index (χ2v) is 4.69. The van der Waals surface area contributed by atoms with Gasteiger partial charge in [0.25, 0.3) is 0 Å². The van der Waals surface area contributed by atoms with E-state index in [4.69, 9.17) is 0 Å². The highest BCUT2D eigenvalue weighted by Crippen LogP contribution is 2.19. The predicted octanol–water partition coefficient (Wildman–Crippen LogP) is 5.03.